The number of thioether (sulfide) groups is 1. The van der Waals surface area contributed by atoms with E-state index in [9.17, 15) is 9.18 Å². The molecule has 0 aliphatic rings. The topological polar surface area (TPSA) is 38.3 Å². The van der Waals surface area contributed by atoms with E-state index in [1.165, 1.54) is 24.3 Å². The summed E-state index contributed by atoms with van der Waals surface area (Å²) in [6, 6.07) is 13.3. The molecule has 1 unspecified atom stereocenters. The van der Waals surface area contributed by atoms with Gasteiger partial charge in [0.15, 0.2) is 6.10 Å². The smallest absolute Gasteiger partial charge is 0.265 e. The molecule has 1 atom stereocenters. The minimum absolute atomic E-state index is 0.207. The van der Waals surface area contributed by atoms with Crippen LogP contribution in [0.1, 0.15) is 20.3 Å². The van der Waals surface area contributed by atoms with Crippen LogP contribution in [0.5, 0.6) is 5.75 Å². The number of benzene rings is 2. The van der Waals surface area contributed by atoms with Crippen molar-refractivity contribution in [3.05, 3.63) is 54.3 Å². The van der Waals surface area contributed by atoms with Crippen molar-refractivity contribution in [3.8, 4) is 5.75 Å². The van der Waals surface area contributed by atoms with Gasteiger partial charge in [-0.25, -0.2) is 4.39 Å². The number of carbonyl (C=O) groups is 1. The van der Waals surface area contributed by atoms with Gasteiger partial charge in [0.05, 0.1) is 5.69 Å². The normalized spacial score (nSPS) is 11.8. The van der Waals surface area contributed by atoms with Gasteiger partial charge in [-0.15, -0.1) is 11.8 Å². The number of halogens is 1. The first-order chi connectivity index (χ1) is 11.1. The SMILES string of the molecule is CCSc1ccccc1NC(=O)C(CC)Oc1ccc(F)cc1. The highest BCUT2D eigenvalue weighted by molar-refractivity contribution is 7.99. The molecule has 0 heterocycles. The van der Waals surface area contributed by atoms with Crippen molar-refractivity contribution in [1.82, 2.24) is 0 Å². The molecule has 0 bridgehead atoms. The van der Waals surface area contributed by atoms with Gasteiger partial charge in [-0.05, 0) is 48.6 Å². The van der Waals surface area contributed by atoms with Crippen molar-refractivity contribution >= 4 is 23.4 Å². The number of ether oxygens (including phenoxy) is 1. The fourth-order valence-electron chi connectivity index (χ4n) is 2.06. The molecule has 2 aromatic carbocycles. The number of anilines is 1. The molecule has 0 fully saturated rings. The number of nitrogens with one attached hydrogen (secondary N) is 1. The molecule has 0 saturated carbocycles. The first-order valence-corrected chi connectivity index (χ1v) is 8.57. The monoisotopic (exact) mass is 333 g/mol. The molecule has 2 rings (SSSR count). The third-order valence-electron chi connectivity index (χ3n) is 3.20. The lowest BCUT2D eigenvalue weighted by atomic mass is 10.2. The first-order valence-electron chi connectivity index (χ1n) is 7.59. The lowest BCUT2D eigenvalue weighted by molar-refractivity contribution is -0.122. The molecule has 1 amide bonds. The van der Waals surface area contributed by atoms with E-state index in [-0.39, 0.29) is 11.7 Å². The summed E-state index contributed by atoms with van der Waals surface area (Å²) in [5.74, 6) is 0.863. The molecule has 122 valence electrons. The van der Waals surface area contributed by atoms with E-state index in [2.05, 4.69) is 12.2 Å². The second-order valence-corrected chi connectivity index (χ2v) is 6.19. The molecule has 5 heteroatoms. The Balaban J connectivity index is 2.06. The van der Waals surface area contributed by atoms with Gasteiger partial charge in [-0.1, -0.05) is 26.0 Å². The predicted octanol–water partition coefficient (Wildman–Crippen LogP) is 4.73. The molecule has 0 aliphatic carbocycles. The van der Waals surface area contributed by atoms with E-state index in [4.69, 9.17) is 4.74 Å². The van der Waals surface area contributed by atoms with Crippen LogP contribution in [-0.4, -0.2) is 17.8 Å². The van der Waals surface area contributed by atoms with Crippen molar-refractivity contribution in [2.45, 2.75) is 31.3 Å². The summed E-state index contributed by atoms with van der Waals surface area (Å²) in [5, 5.41) is 2.92. The summed E-state index contributed by atoms with van der Waals surface area (Å²) in [4.78, 5) is 13.5. The van der Waals surface area contributed by atoms with Gasteiger partial charge in [0.25, 0.3) is 5.91 Å². The van der Waals surface area contributed by atoms with Crippen molar-refractivity contribution in [2.24, 2.45) is 0 Å². The van der Waals surface area contributed by atoms with Crippen LogP contribution < -0.4 is 10.1 Å². The van der Waals surface area contributed by atoms with Crippen molar-refractivity contribution in [3.63, 3.8) is 0 Å². The highest BCUT2D eigenvalue weighted by Gasteiger charge is 2.19. The molecular weight excluding hydrogens is 313 g/mol. The van der Waals surface area contributed by atoms with E-state index in [0.29, 0.717) is 12.2 Å². The Hall–Kier alpha value is -2.01. The maximum absolute atomic E-state index is 12.9. The Bertz CT molecular complexity index is 646. The van der Waals surface area contributed by atoms with Crippen LogP contribution in [-0.2, 0) is 4.79 Å². The van der Waals surface area contributed by atoms with E-state index in [1.807, 2.05) is 31.2 Å². The number of para-hydroxylation sites is 1. The highest BCUT2D eigenvalue weighted by Crippen LogP contribution is 2.27. The highest BCUT2D eigenvalue weighted by atomic mass is 32.2. The minimum Gasteiger partial charge on any atom is -0.481 e. The van der Waals surface area contributed by atoms with Gasteiger partial charge in [-0.2, -0.15) is 0 Å². The van der Waals surface area contributed by atoms with E-state index < -0.39 is 6.10 Å². The fourth-order valence-corrected chi connectivity index (χ4v) is 2.82. The van der Waals surface area contributed by atoms with Crippen molar-refractivity contribution in [2.75, 3.05) is 11.1 Å². The van der Waals surface area contributed by atoms with Gasteiger partial charge in [-0.3, -0.25) is 4.79 Å². The molecule has 1 N–H and O–H groups in total. The van der Waals surface area contributed by atoms with Gasteiger partial charge in [0, 0.05) is 4.90 Å². The Morgan fingerprint density at radius 2 is 1.87 bits per heavy atom. The lowest BCUT2D eigenvalue weighted by Gasteiger charge is -2.18. The molecule has 3 nitrogen and oxygen atoms in total. The third kappa shape index (κ3) is 4.99. The zero-order chi connectivity index (χ0) is 16.7. The molecule has 0 aliphatic heterocycles. The van der Waals surface area contributed by atoms with Crippen LogP contribution in [0.3, 0.4) is 0 Å². The van der Waals surface area contributed by atoms with Crippen LogP contribution in [0.25, 0.3) is 0 Å². The molecule has 0 spiro atoms. The quantitative estimate of drug-likeness (QED) is 0.744. The maximum Gasteiger partial charge on any atom is 0.265 e. The van der Waals surface area contributed by atoms with Crippen LogP contribution in [0.4, 0.5) is 10.1 Å². The van der Waals surface area contributed by atoms with Gasteiger partial charge < -0.3 is 10.1 Å². The lowest BCUT2D eigenvalue weighted by Crippen LogP contribution is -2.32. The van der Waals surface area contributed by atoms with E-state index >= 15 is 0 Å². The van der Waals surface area contributed by atoms with Crippen LogP contribution in [0.15, 0.2) is 53.4 Å². The largest absolute Gasteiger partial charge is 0.481 e. The molecule has 0 saturated heterocycles. The second kappa shape index (κ2) is 8.58. The fraction of sp³-hybridized carbons (Fsp3) is 0.278. The molecule has 0 aromatic heterocycles. The number of hydrogen-bond acceptors (Lipinski definition) is 3. The van der Waals surface area contributed by atoms with Crippen LogP contribution >= 0.6 is 11.8 Å². The van der Waals surface area contributed by atoms with Crippen molar-refractivity contribution in [1.29, 1.82) is 0 Å². The number of carbonyl (C=O) groups excluding carboxylic acids is 1. The Labute approximate surface area is 140 Å². The number of hydrogen-bond donors (Lipinski definition) is 1. The van der Waals surface area contributed by atoms with E-state index in [1.54, 1.807) is 11.8 Å². The molecular formula is C18H20FNO2S. The zero-order valence-corrected chi connectivity index (χ0v) is 14.0. The van der Waals surface area contributed by atoms with Gasteiger partial charge in [0.1, 0.15) is 11.6 Å². The average molecular weight is 333 g/mol. The number of amides is 1. The van der Waals surface area contributed by atoms with Crippen LogP contribution in [0, 0.1) is 5.82 Å². The summed E-state index contributed by atoms with van der Waals surface area (Å²) < 4.78 is 18.6. The van der Waals surface area contributed by atoms with Gasteiger partial charge >= 0.3 is 0 Å². The Morgan fingerprint density at radius 1 is 1.17 bits per heavy atom. The van der Waals surface area contributed by atoms with E-state index in [0.717, 1.165) is 16.3 Å². The van der Waals surface area contributed by atoms with Gasteiger partial charge in [0.2, 0.25) is 0 Å². The standard InChI is InChI=1S/C18H20FNO2S/c1-3-16(22-14-11-9-13(19)10-12-14)18(21)20-15-7-5-6-8-17(15)23-4-2/h5-12,16H,3-4H2,1-2H3,(H,20,21). The summed E-state index contributed by atoms with van der Waals surface area (Å²) in [5.41, 5.74) is 0.783. The summed E-state index contributed by atoms with van der Waals surface area (Å²) in [6.07, 6.45) is -0.105. The Morgan fingerprint density at radius 3 is 2.52 bits per heavy atom. The van der Waals surface area contributed by atoms with Crippen molar-refractivity contribution < 1.29 is 13.9 Å². The Kier molecular flexibility index (Phi) is 6.47. The third-order valence-corrected chi connectivity index (χ3v) is 4.16. The summed E-state index contributed by atoms with van der Waals surface area (Å²) in [7, 11) is 0. The summed E-state index contributed by atoms with van der Waals surface area (Å²) in [6.45, 7) is 3.94. The predicted molar refractivity (Wildman–Crippen MR) is 92.6 cm³/mol. The van der Waals surface area contributed by atoms with Crippen LogP contribution in [0.2, 0.25) is 0 Å². The molecule has 2 aromatic rings. The first kappa shape index (κ1) is 17.3. The zero-order valence-electron chi connectivity index (χ0n) is 13.2. The number of rotatable bonds is 7. The maximum atomic E-state index is 12.9. The summed E-state index contributed by atoms with van der Waals surface area (Å²) >= 11 is 1.67. The second-order valence-electron chi connectivity index (χ2n) is 4.89. The molecule has 0 radical (unpaired) electrons. The average Bonchev–Trinajstić information content (AvgIpc) is 2.56. The minimum atomic E-state index is -0.625. The molecule has 23 heavy (non-hydrogen) atoms.